The standard InChI is InChI=1S/C23H23N5OS/c1-3-16(4-2)22-25-26-23(30-22)24-21(29)20-15-19(17-11-7-5-8-12-17)27-28(20)18-13-9-6-10-14-18/h5-16H,3-4H2,1-2H3,(H,24,26,29). The van der Waals surface area contributed by atoms with Gasteiger partial charge < -0.3 is 0 Å². The van der Waals surface area contributed by atoms with Crippen molar-refractivity contribution in [3.63, 3.8) is 0 Å². The quantitative estimate of drug-likeness (QED) is 0.428. The van der Waals surface area contributed by atoms with E-state index in [1.54, 1.807) is 10.7 Å². The summed E-state index contributed by atoms with van der Waals surface area (Å²) in [4.78, 5) is 13.1. The summed E-state index contributed by atoms with van der Waals surface area (Å²) in [5, 5.41) is 17.5. The van der Waals surface area contributed by atoms with Crippen molar-refractivity contribution in [2.75, 3.05) is 5.32 Å². The van der Waals surface area contributed by atoms with Crippen molar-refractivity contribution in [2.45, 2.75) is 32.6 Å². The van der Waals surface area contributed by atoms with E-state index in [0.29, 0.717) is 16.7 Å². The fraction of sp³-hybridized carbons (Fsp3) is 0.217. The molecule has 0 radical (unpaired) electrons. The highest BCUT2D eigenvalue weighted by Crippen LogP contribution is 2.29. The molecule has 0 fully saturated rings. The Morgan fingerprint density at radius 1 is 1.00 bits per heavy atom. The number of hydrogen-bond donors (Lipinski definition) is 1. The van der Waals surface area contributed by atoms with E-state index in [9.17, 15) is 4.79 Å². The molecule has 0 unspecified atom stereocenters. The molecule has 2 heterocycles. The van der Waals surface area contributed by atoms with E-state index in [1.165, 1.54) is 11.3 Å². The molecule has 0 spiro atoms. The summed E-state index contributed by atoms with van der Waals surface area (Å²) in [5.74, 6) is 0.105. The molecule has 0 saturated carbocycles. The Balaban J connectivity index is 1.67. The number of rotatable bonds is 7. The van der Waals surface area contributed by atoms with Crippen LogP contribution < -0.4 is 5.32 Å². The molecule has 0 aliphatic heterocycles. The van der Waals surface area contributed by atoms with E-state index in [1.807, 2.05) is 60.7 Å². The molecule has 152 valence electrons. The van der Waals surface area contributed by atoms with Crippen LogP contribution >= 0.6 is 11.3 Å². The summed E-state index contributed by atoms with van der Waals surface area (Å²) < 4.78 is 1.67. The van der Waals surface area contributed by atoms with Gasteiger partial charge in [-0.3, -0.25) is 10.1 Å². The van der Waals surface area contributed by atoms with E-state index in [2.05, 4.69) is 29.4 Å². The van der Waals surface area contributed by atoms with Gasteiger partial charge in [0.1, 0.15) is 10.7 Å². The monoisotopic (exact) mass is 417 g/mol. The van der Waals surface area contributed by atoms with E-state index < -0.39 is 0 Å². The predicted molar refractivity (Wildman–Crippen MR) is 120 cm³/mol. The van der Waals surface area contributed by atoms with E-state index >= 15 is 0 Å². The molecule has 6 nitrogen and oxygen atoms in total. The average Bonchev–Trinajstić information content (AvgIpc) is 3.44. The first kappa shape index (κ1) is 20.0. The lowest BCUT2D eigenvalue weighted by molar-refractivity contribution is 0.101. The number of aromatic nitrogens is 4. The van der Waals surface area contributed by atoms with Crippen molar-refractivity contribution in [3.8, 4) is 16.9 Å². The first-order valence-corrected chi connectivity index (χ1v) is 10.9. The van der Waals surface area contributed by atoms with E-state index in [0.717, 1.165) is 34.8 Å². The summed E-state index contributed by atoms with van der Waals surface area (Å²) >= 11 is 1.43. The Hall–Kier alpha value is -3.32. The van der Waals surface area contributed by atoms with Crippen molar-refractivity contribution >= 4 is 22.4 Å². The Labute approximate surface area is 179 Å². The second kappa shape index (κ2) is 9.00. The minimum atomic E-state index is -0.263. The number of carbonyl (C=O) groups excluding carboxylic acids is 1. The molecule has 4 rings (SSSR count). The van der Waals surface area contributed by atoms with Gasteiger partial charge in [0.15, 0.2) is 0 Å². The van der Waals surface area contributed by atoms with Crippen LogP contribution in [0, 0.1) is 0 Å². The first-order chi connectivity index (χ1) is 14.7. The number of benzene rings is 2. The molecule has 1 amide bonds. The number of nitrogens with zero attached hydrogens (tertiary/aromatic N) is 4. The molecule has 7 heteroatoms. The molecule has 1 N–H and O–H groups in total. The zero-order valence-corrected chi connectivity index (χ0v) is 17.8. The molecule has 0 bridgehead atoms. The molecule has 0 aliphatic rings. The van der Waals surface area contributed by atoms with Crippen LogP contribution in [0.2, 0.25) is 0 Å². The van der Waals surface area contributed by atoms with Crippen LogP contribution in [-0.2, 0) is 0 Å². The summed E-state index contributed by atoms with van der Waals surface area (Å²) in [6, 6.07) is 21.3. The molecule has 30 heavy (non-hydrogen) atoms. The van der Waals surface area contributed by atoms with Crippen LogP contribution in [0.1, 0.15) is 48.1 Å². The Morgan fingerprint density at radius 2 is 1.67 bits per heavy atom. The van der Waals surface area contributed by atoms with E-state index in [4.69, 9.17) is 5.10 Å². The lowest BCUT2D eigenvalue weighted by atomic mass is 10.1. The third kappa shape index (κ3) is 4.16. The van der Waals surface area contributed by atoms with Crippen LogP contribution in [-0.4, -0.2) is 25.9 Å². The second-order valence-corrected chi connectivity index (χ2v) is 7.95. The second-order valence-electron chi connectivity index (χ2n) is 6.94. The summed E-state index contributed by atoms with van der Waals surface area (Å²) in [7, 11) is 0. The van der Waals surface area contributed by atoms with Gasteiger partial charge in [-0.05, 0) is 31.0 Å². The molecule has 0 saturated heterocycles. The van der Waals surface area contributed by atoms with Gasteiger partial charge >= 0.3 is 0 Å². The first-order valence-electron chi connectivity index (χ1n) is 10.0. The maximum Gasteiger partial charge on any atom is 0.276 e. The van der Waals surface area contributed by atoms with Gasteiger partial charge in [-0.1, -0.05) is 73.7 Å². The number of para-hydroxylation sites is 1. The minimum Gasteiger partial charge on any atom is -0.295 e. The Bertz CT molecular complexity index is 1120. The lowest BCUT2D eigenvalue weighted by Gasteiger charge is -2.07. The molecular weight excluding hydrogens is 394 g/mol. The van der Waals surface area contributed by atoms with Crippen LogP contribution in [0.3, 0.4) is 0 Å². The highest BCUT2D eigenvalue weighted by molar-refractivity contribution is 7.15. The number of carbonyl (C=O) groups is 1. The van der Waals surface area contributed by atoms with Crippen LogP contribution in [0.15, 0.2) is 66.7 Å². The van der Waals surface area contributed by atoms with Gasteiger partial charge in [0.25, 0.3) is 5.91 Å². The van der Waals surface area contributed by atoms with Gasteiger partial charge in [-0.25, -0.2) is 4.68 Å². The Morgan fingerprint density at radius 3 is 2.33 bits per heavy atom. The molecule has 0 atom stereocenters. The molecular formula is C23H23N5OS. The van der Waals surface area contributed by atoms with E-state index in [-0.39, 0.29) is 5.91 Å². The minimum absolute atomic E-state index is 0.263. The summed E-state index contributed by atoms with van der Waals surface area (Å²) in [5.41, 5.74) is 2.95. The number of nitrogens with one attached hydrogen (secondary N) is 1. The van der Waals surface area contributed by atoms with Gasteiger partial charge in [-0.15, -0.1) is 10.2 Å². The highest BCUT2D eigenvalue weighted by atomic mass is 32.1. The van der Waals surface area contributed by atoms with Crippen molar-refractivity contribution in [2.24, 2.45) is 0 Å². The number of hydrogen-bond acceptors (Lipinski definition) is 5. The maximum atomic E-state index is 13.1. The zero-order valence-electron chi connectivity index (χ0n) is 16.9. The number of anilines is 1. The zero-order chi connectivity index (χ0) is 20.9. The highest BCUT2D eigenvalue weighted by Gasteiger charge is 2.20. The Kier molecular flexibility index (Phi) is 5.99. The fourth-order valence-electron chi connectivity index (χ4n) is 3.31. The van der Waals surface area contributed by atoms with Gasteiger partial charge in [0.2, 0.25) is 5.13 Å². The number of amides is 1. The third-order valence-electron chi connectivity index (χ3n) is 5.01. The van der Waals surface area contributed by atoms with Crippen molar-refractivity contribution in [1.29, 1.82) is 0 Å². The molecule has 4 aromatic rings. The molecule has 2 aromatic heterocycles. The normalized spacial score (nSPS) is 11.0. The van der Waals surface area contributed by atoms with Crippen molar-refractivity contribution in [1.82, 2.24) is 20.0 Å². The third-order valence-corrected chi connectivity index (χ3v) is 6.01. The molecule has 2 aromatic carbocycles. The van der Waals surface area contributed by atoms with Gasteiger partial charge in [0, 0.05) is 11.5 Å². The average molecular weight is 418 g/mol. The maximum absolute atomic E-state index is 13.1. The lowest BCUT2D eigenvalue weighted by Crippen LogP contribution is -2.16. The topological polar surface area (TPSA) is 72.7 Å². The molecule has 0 aliphatic carbocycles. The smallest absolute Gasteiger partial charge is 0.276 e. The van der Waals surface area contributed by atoms with Gasteiger partial charge in [0.05, 0.1) is 11.4 Å². The SMILES string of the molecule is CCC(CC)c1nnc(NC(=O)c2cc(-c3ccccc3)nn2-c2ccccc2)s1. The summed E-state index contributed by atoms with van der Waals surface area (Å²) in [6.45, 7) is 4.27. The van der Waals surface area contributed by atoms with Crippen LogP contribution in [0.5, 0.6) is 0 Å². The van der Waals surface area contributed by atoms with Crippen molar-refractivity contribution < 1.29 is 4.79 Å². The predicted octanol–water partition coefficient (Wildman–Crippen LogP) is 5.55. The van der Waals surface area contributed by atoms with Crippen LogP contribution in [0.25, 0.3) is 16.9 Å². The van der Waals surface area contributed by atoms with Crippen LogP contribution in [0.4, 0.5) is 5.13 Å². The van der Waals surface area contributed by atoms with Gasteiger partial charge in [-0.2, -0.15) is 5.10 Å². The van der Waals surface area contributed by atoms with Crippen molar-refractivity contribution in [3.05, 3.63) is 77.4 Å². The largest absolute Gasteiger partial charge is 0.295 e. The summed E-state index contributed by atoms with van der Waals surface area (Å²) in [6.07, 6.45) is 2.00. The fourth-order valence-corrected chi connectivity index (χ4v) is 4.31.